The molecule has 0 saturated carbocycles. The summed E-state index contributed by atoms with van der Waals surface area (Å²) in [6, 6.07) is 1.52. The van der Waals surface area contributed by atoms with Gasteiger partial charge in [0, 0.05) is 6.07 Å². The number of nitrogens with zero attached hydrogens (tertiary/aromatic N) is 6. The molecule has 0 aromatic carbocycles. The molecule has 0 fully saturated rings. The van der Waals surface area contributed by atoms with E-state index in [1.54, 1.807) is 0 Å². The molecule has 136 valence electrons. The van der Waals surface area contributed by atoms with E-state index in [2.05, 4.69) is 35.3 Å². The molecular weight excluding hydrogens is 481 g/mol. The highest BCUT2D eigenvalue weighted by Gasteiger charge is 2.20. The number of methoxy groups -OCH3 is 2. The Morgan fingerprint density at radius 2 is 2.15 bits per heavy atom. The van der Waals surface area contributed by atoms with Crippen LogP contribution in [-0.4, -0.2) is 55.4 Å². The summed E-state index contributed by atoms with van der Waals surface area (Å²) in [4.78, 5) is 19.3. The molecular formula is C13H11ClIN7O4. The normalized spacial score (nSPS) is 10.8. The van der Waals surface area contributed by atoms with Gasteiger partial charge in [-0.15, -0.1) is 10.2 Å². The lowest BCUT2D eigenvalue weighted by atomic mass is 10.3. The minimum absolute atomic E-state index is 0.108. The predicted octanol–water partition coefficient (Wildman–Crippen LogP) is 1.82. The summed E-state index contributed by atoms with van der Waals surface area (Å²) in [5, 5.41) is 24.9. The molecule has 0 aliphatic heterocycles. The SMILES string of the molecule is COC(=O)Nc1nc(O)c2c(n1)c(I)nn2Cc1nnc(Cl)cc1OC. The topological polar surface area (TPSA) is 137 Å². The van der Waals surface area contributed by atoms with Crippen molar-refractivity contribution in [3.8, 4) is 11.6 Å². The number of fused-ring (bicyclic) bond motifs is 1. The van der Waals surface area contributed by atoms with Crippen LogP contribution in [0.2, 0.25) is 5.15 Å². The van der Waals surface area contributed by atoms with Crippen molar-refractivity contribution in [1.29, 1.82) is 0 Å². The second-order valence-electron chi connectivity index (χ2n) is 4.82. The molecule has 0 bridgehead atoms. The summed E-state index contributed by atoms with van der Waals surface area (Å²) in [6.07, 6.45) is -0.757. The number of amides is 1. The molecule has 0 saturated heterocycles. The number of aromatic hydroxyl groups is 1. The maximum Gasteiger partial charge on any atom is 0.413 e. The van der Waals surface area contributed by atoms with E-state index in [0.29, 0.717) is 20.7 Å². The highest BCUT2D eigenvalue weighted by atomic mass is 127. The van der Waals surface area contributed by atoms with Crippen molar-refractivity contribution in [1.82, 2.24) is 29.9 Å². The number of ether oxygens (including phenoxy) is 2. The fraction of sp³-hybridized carbons (Fsp3) is 0.231. The lowest BCUT2D eigenvalue weighted by Gasteiger charge is -2.08. The van der Waals surface area contributed by atoms with Crippen LogP contribution in [0.3, 0.4) is 0 Å². The molecule has 0 spiro atoms. The molecule has 2 N–H and O–H groups in total. The zero-order valence-electron chi connectivity index (χ0n) is 13.4. The number of carbonyl (C=O) groups is 1. The van der Waals surface area contributed by atoms with Crippen LogP contribution in [0.25, 0.3) is 11.0 Å². The van der Waals surface area contributed by atoms with Gasteiger partial charge in [0.15, 0.2) is 10.7 Å². The molecule has 3 aromatic rings. The smallest absolute Gasteiger partial charge is 0.413 e. The molecule has 26 heavy (non-hydrogen) atoms. The Bertz CT molecular complexity index is 996. The van der Waals surface area contributed by atoms with Gasteiger partial charge < -0.3 is 14.6 Å². The molecule has 1 amide bonds. The highest BCUT2D eigenvalue weighted by molar-refractivity contribution is 14.1. The van der Waals surface area contributed by atoms with E-state index in [1.165, 1.54) is 25.0 Å². The van der Waals surface area contributed by atoms with Crippen molar-refractivity contribution in [2.24, 2.45) is 0 Å². The van der Waals surface area contributed by atoms with E-state index >= 15 is 0 Å². The van der Waals surface area contributed by atoms with Crippen molar-refractivity contribution in [2.75, 3.05) is 19.5 Å². The molecule has 3 heterocycles. The first-order valence-corrected chi connectivity index (χ1v) is 8.42. The maximum absolute atomic E-state index is 11.3. The van der Waals surface area contributed by atoms with Gasteiger partial charge in [0.05, 0.1) is 20.8 Å². The van der Waals surface area contributed by atoms with Crippen LogP contribution in [0.1, 0.15) is 5.69 Å². The fourth-order valence-electron chi connectivity index (χ4n) is 2.15. The van der Waals surface area contributed by atoms with E-state index in [1.807, 2.05) is 22.6 Å². The highest BCUT2D eigenvalue weighted by Crippen LogP contribution is 2.28. The third kappa shape index (κ3) is 3.55. The average molecular weight is 492 g/mol. The van der Waals surface area contributed by atoms with E-state index in [0.717, 1.165) is 0 Å². The van der Waals surface area contributed by atoms with Crippen LogP contribution < -0.4 is 10.1 Å². The van der Waals surface area contributed by atoms with Crippen LogP contribution in [0.4, 0.5) is 10.7 Å². The predicted molar refractivity (Wildman–Crippen MR) is 98.4 cm³/mol. The fourth-order valence-corrected chi connectivity index (χ4v) is 2.92. The van der Waals surface area contributed by atoms with Crippen molar-refractivity contribution < 1.29 is 19.4 Å². The molecule has 0 unspecified atom stereocenters. The van der Waals surface area contributed by atoms with E-state index in [4.69, 9.17) is 16.3 Å². The second kappa shape index (κ2) is 7.41. The van der Waals surface area contributed by atoms with Gasteiger partial charge in [0.2, 0.25) is 11.8 Å². The van der Waals surface area contributed by atoms with Gasteiger partial charge in [-0.3, -0.25) is 10.00 Å². The van der Waals surface area contributed by atoms with Gasteiger partial charge in [-0.2, -0.15) is 10.1 Å². The van der Waals surface area contributed by atoms with Crippen LogP contribution in [0, 0.1) is 3.70 Å². The van der Waals surface area contributed by atoms with Crippen LogP contribution in [-0.2, 0) is 11.3 Å². The summed E-state index contributed by atoms with van der Waals surface area (Å²) in [5.74, 6) is -0.0473. The lowest BCUT2D eigenvalue weighted by Crippen LogP contribution is -2.13. The Morgan fingerprint density at radius 1 is 1.38 bits per heavy atom. The molecule has 11 nitrogen and oxygen atoms in total. The van der Waals surface area contributed by atoms with Gasteiger partial charge in [-0.25, -0.2) is 9.78 Å². The van der Waals surface area contributed by atoms with Gasteiger partial charge in [0.1, 0.15) is 20.7 Å². The molecule has 3 aromatic heterocycles. The van der Waals surface area contributed by atoms with Crippen LogP contribution in [0.5, 0.6) is 11.6 Å². The zero-order valence-corrected chi connectivity index (χ0v) is 16.3. The van der Waals surface area contributed by atoms with Gasteiger partial charge in [-0.1, -0.05) is 11.6 Å². The molecule has 0 aliphatic rings. The Balaban J connectivity index is 2.04. The largest absolute Gasteiger partial charge is 0.495 e. The van der Waals surface area contributed by atoms with Crippen molar-refractivity contribution in [3.05, 3.63) is 20.6 Å². The van der Waals surface area contributed by atoms with Crippen molar-refractivity contribution >= 4 is 57.3 Å². The Labute approximate surface area is 164 Å². The Kier molecular flexibility index (Phi) is 5.22. The van der Waals surface area contributed by atoms with E-state index in [9.17, 15) is 9.90 Å². The zero-order chi connectivity index (χ0) is 18.8. The van der Waals surface area contributed by atoms with E-state index < -0.39 is 6.09 Å². The summed E-state index contributed by atoms with van der Waals surface area (Å²) in [5.41, 5.74) is 1.07. The summed E-state index contributed by atoms with van der Waals surface area (Å²) in [6.45, 7) is 0.132. The number of carbonyl (C=O) groups excluding carboxylic acids is 1. The third-order valence-corrected chi connectivity index (χ3v) is 4.16. The number of halogens is 2. The monoisotopic (exact) mass is 491 g/mol. The number of aromatic nitrogens is 6. The number of hydrogen-bond acceptors (Lipinski definition) is 9. The number of anilines is 1. The lowest BCUT2D eigenvalue weighted by molar-refractivity contribution is 0.186. The minimum atomic E-state index is -0.757. The average Bonchev–Trinajstić information content (AvgIpc) is 2.92. The molecule has 0 radical (unpaired) electrons. The first-order chi connectivity index (χ1) is 12.4. The van der Waals surface area contributed by atoms with Crippen LogP contribution in [0.15, 0.2) is 6.07 Å². The Hall–Kier alpha value is -2.48. The number of hydrogen-bond donors (Lipinski definition) is 2. The molecule has 0 atom stereocenters. The van der Waals surface area contributed by atoms with Gasteiger partial charge in [0.25, 0.3) is 0 Å². The van der Waals surface area contributed by atoms with Crippen LogP contribution >= 0.6 is 34.2 Å². The van der Waals surface area contributed by atoms with Gasteiger partial charge in [-0.05, 0) is 22.6 Å². The summed E-state index contributed by atoms with van der Waals surface area (Å²) in [7, 11) is 2.68. The maximum atomic E-state index is 11.3. The Morgan fingerprint density at radius 3 is 2.85 bits per heavy atom. The second-order valence-corrected chi connectivity index (χ2v) is 6.22. The van der Waals surface area contributed by atoms with E-state index in [-0.39, 0.29) is 29.0 Å². The first-order valence-electron chi connectivity index (χ1n) is 6.97. The number of rotatable bonds is 4. The summed E-state index contributed by atoms with van der Waals surface area (Å²) < 4.78 is 11.7. The third-order valence-electron chi connectivity index (χ3n) is 3.25. The minimum Gasteiger partial charge on any atom is -0.495 e. The summed E-state index contributed by atoms with van der Waals surface area (Å²) >= 11 is 7.77. The van der Waals surface area contributed by atoms with Crippen molar-refractivity contribution in [2.45, 2.75) is 6.54 Å². The quantitative estimate of drug-likeness (QED) is 0.523. The van der Waals surface area contributed by atoms with Crippen molar-refractivity contribution in [3.63, 3.8) is 0 Å². The first kappa shape index (κ1) is 18.3. The molecule has 3 rings (SSSR count). The standard InChI is InChI=1S/C13H11ClIN7O4/c1-25-6-3-7(14)20-19-5(6)4-22-9-8(10(15)21-22)16-12(17-11(9)23)18-13(24)26-2/h3H,4H2,1-2H3,(H2,16,17,18,23,24). The number of nitrogens with one attached hydrogen (secondary N) is 1. The molecule has 0 aliphatic carbocycles. The molecule has 13 heteroatoms. The van der Waals surface area contributed by atoms with Gasteiger partial charge >= 0.3 is 6.09 Å².